The number of aromatic amines is 1. The fourth-order valence-electron chi connectivity index (χ4n) is 3.44. The topological polar surface area (TPSA) is 93.8 Å². The molecule has 0 saturated heterocycles. The van der Waals surface area contributed by atoms with Crippen LogP contribution in [-0.2, 0) is 4.74 Å². The van der Waals surface area contributed by atoms with Gasteiger partial charge in [-0.15, -0.1) is 0 Å². The number of carbonyl (C=O) groups is 1. The number of methoxy groups -OCH3 is 1. The van der Waals surface area contributed by atoms with Crippen LogP contribution in [-0.4, -0.2) is 60.8 Å². The summed E-state index contributed by atoms with van der Waals surface area (Å²) in [5.74, 6) is 0.955. The van der Waals surface area contributed by atoms with Gasteiger partial charge in [0.25, 0.3) is 5.56 Å². The molecule has 0 unspecified atom stereocenters. The van der Waals surface area contributed by atoms with Gasteiger partial charge in [-0.3, -0.25) is 4.79 Å². The number of aromatic nitrogens is 2. The lowest BCUT2D eigenvalue weighted by Gasteiger charge is -2.17. The molecule has 0 atom stereocenters. The molecule has 1 heterocycles. The van der Waals surface area contributed by atoms with Crippen molar-refractivity contribution in [3.63, 3.8) is 0 Å². The second-order valence-corrected chi connectivity index (χ2v) is 7.08. The predicted octanol–water partition coefficient (Wildman–Crippen LogP) is 3.50. The van der Waals surface area contributed by atoms with Crippen molar-refractivity contribution in [3.05, 3.63) is 52.3 Å². The van der Waals surface area contributed by atoms with Gasteiger partial charge in [-0.25, -0.2) is 9.78 Å². The number of benzene rings is 2. The van der Waals surface area contributed by atoms with Gasteiger partial charge in [0.05, 0.1) is 35.7 Å². The Morgan fingerprint density at radius 2 is 1.91 bits per heavy atom. The molecule has 0 aliphatic heterocycles. The fourth-order valence-corrected chi connectivity index (χ4v) is 3.44. The molecule has 3 aromatic rings. The Bertz CT molecular complexity index is 1140. The van der Waals surface area contributed by atoms with Crippen LogP contribution in [0, 0.1) is 0 Å². The maximum Gasteiger partial charge on any atom is 0.338 e. The van der Waals surface area contributed by atoms with Gasteiger partial charge in [0, 0.05) is 6.54 Å². The smallest absolute Gasteiger partial charge is 0.338 e. The highest BCUT2D eigenvalue weighted by Gasteiger charge is 2.16. The van der Waals surface area contributed by atoms with Gasteiger partial charge >= 0.3 is 5.97 Å². The van der Waals surface area contributed by atoms with Crippen LogP contribution in [0.3, 0.4) is 0 Å². The molecule has 0 saturated carbocycles. The number of nitrogens with one attached hydrogen (secondary N) is 1. The van der Waals surface area contributed by atoms with Gasteiger partial charge < -0.3 is 24.1 Å². The van der Waals surface area contributed by atoms with Crippen LogP contribution in [0.1, 0.15) is 31.1 Å². The number of hydrogen-bond donors (Lipinski definition) is 1. The third-order valence-corrected chi connectivity index (χ3v) is 5.22. The third kappa shape index (κ3) is 5.08. The number of ether oxygens (including phenoxy) is 3. The van der Waals surface area contributed by atoms with Crippen molar-refractivity contribution in [2.24, 2.45) is 0 Å². The van der Waals surface area contributed by atoms with Crippen molar-refractivity contribution in [1.29, 1.82) is 0 Å². The number of carbonyl (C=O) groups excluding carboxylic acids is 1. The first kappa shape index (κ1) is 23.3. The minimum atomic E-state index is -0.464. The van der Waals surface area contributed by atoms with Gasteiger partial charge in [0.2, 0.25) is 0 Å². The molecule has 8 nitrogen and oxygen atoms in total. The van der Waals surface area contributed by atoms with E-state index in [1.807, 2.05) is 6.92 Å². The summed E-state index contributed by atoms with van der Waals surface area (Å²) in [6.45, 7) is 9.18. The van der Waals surface area contributed by atoms with E-state index in [1.165, 1.54) is 6.07 Å². The van der Waals surface area contributed by atoms with E-state index >= 15 is 0 Å². The molecule has 1 N–H and O–H groups in total. The number of hydrogen-bond acceptors (Lipinski definition) is 7. The number of likely N-dealkylation sites (N-methyl/N-ethyl adjacent to an activating group) is 1. The van der Waals surface area contributed by atoms with Crippen molar-refractivity contribution in [3.8, 4) is 22.9 Å². The van der Waals surface area contributed by atoms with Gasteiger partial charge in [0.1, 0.15) is 12.4 Å². The van der Waals surface area contributed by atoms with Crippen LogP contribution in [0.5, 0.6) is 11.5 Å². The second kappa shape index (κ2) is 10.8. The van der Waals surface area contributed by atoms with Crippen molar-refractivity contribution in [2.75, 3.05) is 40.0 Å². The van der Waals surface area contributed by atoms with E-state index in [1.54, 1.807) is 37.4 Å². The lowest BCUT2D eigenvalue weighted by molar-refractivity contribution is 0.0466. The van der Waals surface area contributed by atoms with Crippen molar-refractivity contribution < 1.29 is 19.0 Å². The molecule has 170 valence electrons. The minimum Gasteiger partial charge on any atom is -0.493 e. The van der Waals surface area contributed by atoms with Crippen LogP contribution >= 0.6 is 0 Å². The molecule has 0 amide bonds. The fraction of sp³-hybridized carbons (Fsp3) is 0.375. The zero-order valence-electron chi connectivity index (χ0n) is 18.9. The molecule has 0 radical (unpaired) electrons. The van der Waals surface area contributed by atoms with Gasteiger partial charge in [-0.2, -0.15) is 0 Å². The number of H-pyrrole nitrogens is 1. The Kier molecular flexibility index (Phi) is 7.83. The summed E-state index contributed by atoms with van der Waals surface area (Å²) < 4.78 is 16.5. The second-order valence-electron chi connectivity index (χ2n) is 7.08. The first-order valence-electron chi connectivity index (χ1n) is 10.8. The summed E-state index contributed by atoms with van der Waals surface area (Å²) in [4.78, 5) is 34.8. The quantitative estimate of drug-likeness (QED) is 0.483. The molecular weight excluding hydrogens is 410 g/mol. The average molecular weight is 440 g/mol. The molecule has 0 aliphatic carbocycles. The van der Waals surface area contributed by atoms with E-state index in [9.17, 15) is 9.59 Å². The highest BCUT2D eigenvalue weighted by molar-refractivity contribution is 5.94. The summed E-state index contributed by atoms with van der Waals surface area (Å²) >= 11 is 0. The molecular formula is C24H29N3O5. The number of nitrogens with zero attached hydrogens (tertiary/aromatic N) is 2. The molecule has 1 aromatic heterocycles. The monoisotopic (exact) mass is 439 g/mol. The molecule has 0 aliphatic rings. The lowest BCUT2D eigenvalue weighted by atomic mass is 10.1. The van der Waals surface area contributed by atoms with Crippen molar-refractivity contribution >= 4 is 16.9 Å². The summed E-state index contributed by atoms with van der Waals surface area (Å²) in [6.07, 6.45) is 0. The van der Waals surface area contributed by atoms with Crippen molar-refractivity contribution in [2.45, 2.75) is 20.8 Å². The molecule has 0 fully saturated rings. The number of para-hydroxylation sites is 1. The van der Waals surface area contributed by atoms with Crippen LogP contribution < -0.4 is 15.0 Å². The van der Waals surface area contributed by atoms with E-state index in [2.05, 4.69) is 28.7 Å². The third-order valence-electron chi connectivity index (χ3n) is 5.22. The molecule has 0 spiro atoms. The maximum atomic E-state index is 12.8. The molecule has 32 heavy (non-hydrogen) atoms. The number of fused-ring (bicyclic) bond motifs is 1. The maximum absolute atomic E-state index is 12.8. The molecule has 3 rings (SSSR count). The highest BCUT2D eigenvalue weighted by Crippen LogP contribution is 2.36. The van der Waals surface area contributed by atoms with E-state index < -0.39 is 5.97 Å². The van der Waals surface area contributed by atoms with E-state index in [0.717, 1.165) is 13.1 Å². The van der Waals surface area contributed by atoms with Crippen molar-refractivity contribution in [1.82, 2.24) is 14.9 Å². The van der Waals surface area contributed by atoms with Crippen LogP contribution in [0.4, 0.5) is 0 Å². The summed E-state index contributed by atoms with van der Waals surface area (Å²) in [6, 6.07) is 10.2. The largest absolute Gasteiger partial charge is 0.493 e. The van der Waals surface area contributed by atoms with Gasteiger partial charge in [0.15, 0.2) is 11.5 Å². The first-order chi connectivity index (χ1) is 15.5. The number of esters is 1. The Balaban J connectivity index is 1.90. The zero-order chi connectivity index (χ0) is 23.1. The lowest BCUT2D eigenvalue weighted by Crippen LogP contribution is -2.27. The number of rotatable bonds is 10. The first-order valence-corrected chi connectivity index (χ1v) is 10.8. The van der Waals surface area contributed by atoms with Crippen LogP contribution in [0.2, 0.25) is 0 Å². The van der Waals surface area contributed by atoms with Gasteiger partial charge in [-0.05, 0) is 50.3 Å². The van der Waals surface area contributed by atoms with E-state index in [-0.39, 0.29) is 5.56 Å². The molecule has 0 bridgehead atoms. The predicted molar refractivity (Wildman–Crippen MR) is 124 cm³/mol. The average Bonchev–Trinajstić information content (AvgIpc) is 2.81. The Labute approximate surface area is 187 Å². The molecule has 8 heteroatoms. The minimum absolute atomic E-state index is 0.294. The van der Waals surface area contributed by atoms with E-state index in [0.29, 0.717) is 59.1 Å². The summed E-state index contributed by atoms with van der Waals surface area (Å²) in [5, 5.41) is 0.313. The van der Waals surface area contributed by atoms with E-state index in [4.69, 9.17) is 14.2 Å². The summed E-state index contributed by atoms with van der Waals surface area (Å²) in [7, 11) is 1.56. The SMILES string of the molecule is CCOc1c(OC)cccc1-c1nc2ccc(C(=O)OCCN(CC)CC)cc2c(=O)[nH]1. The molecule has 2 aromatic carbocycles. The van der Waals surface area contributed by atoms with Crippen LogP contribution in [0.15, 0.2) is 41.2 Å². The van der Waals surface area contributed by atoms with Crippen LogP contribution in [0.25, 0.3) is 22.3 Å². The zero-order valence-corrected chi connectivity index (χ0v) is 18.9. The Morgan fingerprint density at radius 1 is 1.12 bits per heavy atom. The summed E-state index contributed by atoms with van der Waals surface area (Å²) in [5.41, 5.74) is 1.04. The highest BCUT2D eigenvalue weighted by atomic mass is 16.5. The Hall–Kier alpha value is -3.39. The Morgan fingerprint density at radius 3 is 2.59 bits per heavy atom. The van der Waals surface area contributed by atoms with Gasteiger partial charge in [-0.1, -0.05) is 19.9 Å². The standard InChI is InChI=1S/C24H29N3O5/c1-5-27(6-2)13-14-32-24(29)16-11-12-19-18(15-16)23(28)26-22(25-19)17-9-8-10-20(30-4)21(17)31-7-3/h8-12,15H,5-7,13-14H2,1-4H3,(H,25,26,28). The normalized spacial score (nSPS) is 11.0.